The number of thiazole rings is 1. The van der Waals surface area contributed by atoms with Crippen LogP contribution in [0.25, 0.3) is 22.4 Å². The number of furan rings is 1. The standard InChI is InChI=1S/C23H25N5O6S2/c1-30-13-7-17(33-12-16-20(11-29)35-21(25-16)27-3-5-32-6-4-27)14-9-19(34-18(14)8-13)15-10-28-22(24-15)36-23(26-28)31-2/h7-10,23,26,29H,3-6,11-12H2,1-2H3. The van der Waals surface area contributed by atoms with Gasteiger partial charge in [0.05, 0.1) is 49.1 Å². The van der Waals surface area contributed by atoms with Crippen LogP contribution >= 0.6 is 23.1 Å². The van der Waals surface area contributed by atoms with Crippen LogP contribution in [0.5, 0.6) is 11.5 Å². The first kappa shape index (κ1) is 23.4. The number of morpholine rings is 1. The lowest BCUT2D eigenvalue weighted by atomic mass is 10.2. The van der Waals surface area contributed by atoms with Gasteiger partial charge in [-0.05, 0) is 17.8 Å². The second-order valence-corrected chi connectivity index (χ2v) is 10.2. The quantitative estimate of drug-likeness (QED) is 0.349. The SMILES string of the molecule is COc1cc(OCc2nc(N3CCOCC3)sc2CO)c2cc(-c3cn4c(n3)SC(OC)N4)oc2c1. The highest BCUT2D eigenvalue weighted by Gasteiger charge is 2.25. The Balaban J connectivity index is 1.27. The van der Waals surface area contributed by atoms with Crippen molar-refractivity contribution in [3.63, 3.8) is 0 Å². The molecular formula is C23H25N5O6S2. The maximum atomic E-state index is 9.91. The molecule has 1 saturated heterocycles. The lowest BCUT2D eigenvalue weighted by Crippen LogP contribution is -2.36. The van der Waals surface area contributed by atoms with Gasteiger partial charge in [0.15, 0.2) is 21.6 Å². The van der Waals surface area contributed by atoms with E-state index >= 15 is 0 Å². The molecule has 1 aromatic carbocycles. The number of thioether (sulfide) groups is 1. The number of rotatable bonds is 8. The zero-order valence-corrected chi connectivity index (χ0v) is 21.4. The average molecular weight is 532 g/mol. The molecule has 2 N–H and O–H groups in total. The number of ether oxygens (including phenoxy) is 4. The number of hydrogen-bond acceptors (Lipinski definition) is 12. The van der Waals surface area contributed by atoms with Crippen LogP contribution < -0.4 is 19.8 Å². The zero-order valence-electron chi connectivity index (χ0n) is 19.7. The monoisotopic (exact) mass is 531 g/mol. The fourth-order valence-electron chi connectivity index (χ4n) is 4.08. The highest BCUT2D eigenvalue weighted by atomic mass is 32.2. The molecule has 190 valence electrons. The molecule has 2 aliphatic rings. The van der Waals surface area contributed by atoms with Gasteiger partial charge in [-0.2, -0.15) is 0 Å². The molecule has 1 unspecified atom stereocenters. The molecule has 11 nitrogen and oxygen atoms in total. The molecule has 3 aromatic heterocycles. The van der Waals surface area contributed by atoms with E-state index in [4.69, 9.17) is 28.3 Å². The van der Waals surface area contributed by atoms with E-state index in [9.17, 15) is 5.11 Å². The molecule has 0 amide bonds. The van der Waals surface area contributed by atoms with Gasteiger partial charge in [-0.3, -0.25) is 5.43 Å². The Bertz CT molecular complexity index is 1360. The Morgan fingerprint density at radius 1 is 1.19 bits per heavy atom. The van der Waals surface area contributed by atoms with Gasteiger partial charge in [-0.1, -0.05) is 11.3 Å². The number of benzene rings is 1. The minimum Gasteiger partial charge on any atom is -0.496 e. The van der Waals surface area contributed by atoms with Gasteiger partial charge in [-0.15, -0.1) is 0 Å². The Hall–Kier alpha value is -2.97. The van der Waals surface area contributed by atoms with Crippen molar-refractivity contribution in [1.82, 2.24) is 14.6 Å². The number of aliphatic hydroxyl groups excluding tert-OH is 1. The van der Waals surface area contributed by atoms with Crippen molar-refractivity contribution in [2.75, 3.05) is 50.8 Å². The third-order valence-electron chi connectivity index (χ3n) is 5.96. The Morgan fingerprint density at radius 2 is 2.06 bits per heavy atom. The third kappa shape index (κ3) is 4.37. The predicted octanol–water partition coefficient (Wildman–Crippen LogP) is 3.25. The lowest BCUT2D eigenvalue weighted by Gasteiger charge is -2.26. The van der Waals surface area contributed by atoms with Crippen LogP contribution in [0.3, 0.4) is 0 Å². The average Bonchev–Trinajstić information content (AvgIpc) is 3.68. The van der Waals surface area contributed by atoms with Crippen molar-refractivity contribution < 1.29 is 28.5 Å². The van der Waals surface area contributed by atoms with Gasteiger partial charge < -0.3 is 33.4 Å². The molecule has 2 aliphatic heterocycles. The fraction of sp³-hybridized carbons (Fsp3) is 0.391. The summed E-state index contributed by atoms with van der Waals surface area (Å²) in [4.78, 5) is 12.4. The Labute approximate surface area is 214 Å². The molecule has 36 heavy (non-hydrogen) atoms. The first-order chi connectivity index (χ1) is 17.6. The normalized spacial score (nSPS) is 17.4. The van der Waals surface area contributed by atoms with Gasteiger partial charge >= 0.3 is 0 Å². The van der Waals surface area contributed by atoms with Gasteiger partial charge in [0, 0.05) is 32.3 Å². The molecule has 0 radical (unpaired) electrons. The number of imidazole rings is 1. The summed E-state index contributed by atoms with van der Waals surface area (Å²) in [6, 6.07) is 5.55. The summed E-state index contributed by atoms with van der Waals surface area (Å²) in [7, 11) is 3.24. The molecule has 6 rings (SSSR count). The lowest BCUT2D eigenvalue weighted by molar-refractivity contribution is 0.122. The van der Waals surface area contributed by atoms with Gasteiger partial charge in [0.25, 0.3) is 0 Å². The number of aliphatic hydroxyl groups is 1. The summed E-state index contributed by atoms with van der Waals surface area (Å²) in [5, 5.41) is 12.4. The number of nitrogens with zero attached hydrogens (tertiary/aromatic N) is 4. The van der Waals surface area contributed by atoms with Crippen molar-refractivity contribution >= 4 is 39.2 Å². The Kier molecular flexibility index (Phi) is 6.39. The van der Waals surface area contributed by atoms with Crippen molar-refractivity contribution in [3.8, 4) is 23.0 Å². The van der Waals surface area contributed by atoms with E-state index in [1.54, 1.807) is 14.2 Å². The molecule has 0 saturated carbocycles. The number of fused-ring (bicyclic) bond motifs is 2. The van der Waals surface area contributed by atoms with E-state index in [1.807, 2.05) is 29.1 Å². The van der Waals surface area contributed by atoms with Gasteiger partial charge in [-0.25, -0.2) is 14.6 Å². The van der Waals surface area contributed by atoms with Crippen molar-refractivity contribution in [3.05, 3.63) is 35.0 Å². The zero-order chi connectivity index (χ0) is 24.6. The topological polar surface area (TPSA) is 116 Å². The summed E-state index contributed by atoms with van der Waals surface area (Å²) < 4.78 is 30.4. The van der Waals surface area contributed by atoms with Gasteiger partial charge in [0.2, 0.25) is 0 Å². The molecule has 5 heterocycles. The number of anilines is 1. The molecule has 1 atom stereocenters. The van der Waals surface area contributed by atoms with Gasteiger partial charge in [0.1, 0.15) is 29.4 Å². The van der Waals surface area contributed by atoms with Crippen LogP contribution in [0.1, 0.15) is 10.6 Å². The molecule has 13 heteroatoms. The molecular weight excluding hydrogens is 506 g/mol. The number of nitrogens with one attached hydrogen (secondary N) is 1. The van der Waals surface area contributed by atoms with E-state index in [1.165, 1.54) is 23.1 Å². The second kappa shape index (κ2) is 9.82. The highest BCUT2D eigenvalue weighted by molar-refractivity contribution is 7.99. The maximum absolute atomic E-state index is 9.91. The van der Waals surface area contributed by atoms with E-state index in [-0.39, 0.29) is 18.8 Å². The number of aromatic nitrogens is 3. The van der Waals surface area contributed by atoms with Crippen LogP contribution in [0.2, 0.25) is 0 Å². The van der Waals surface area contributed by atoms with E-state index in [2.05, 4.69) is 15.3 Å². The molecule has 0 bridgehead atoms. The van der Waals surface area contributed by atoms with E-state index in [0.717, 1.165) is 33.6 Å². The summed E-state index contributed by atoms with van der Waals surface area (Å²) in [6.07, 6.45) is 1.87. The summed E-state index contributed by atoms with van der Waals surface area (Å²) in [5.41, 5.74) is 5.05. The predicted molar refractivity (Wildman–Crippen MR) is 135 cm³/mol. The molecule has 0 aliphatic carbocycles. The highest BCUT2D eigenvalue weighted by Crippen LogP contribution is 2.39. The minimum atomic E-state index is -0.167. The summed E-state index contributed by atoms with van der Waals surface area (Å²) in [5.74, 6) is 1.82. The number of methoxy groups -OCH3 is 2. The largest absolute Gasteiger partial charge is 0.496 e. The molecule has 4 aromatic rings. The first-order valence-electron chi connectivity index (χ1n) is 11.4. The molecule has 1 fully saturated rings. The summed E-state index contributed by atoms with van der Waals surface area (Å²) >= 11 is 2.97. The maximum Gasteiger partial charge on any atom is 0.196 e. The third-order valence-corrected chi connectivity index (χ3v) is 8.12. The van der Waals surface area contributed by atoms with Crippen molar-refractivity contribution in [1.29, 1.82) is 0 Å². The molecule has 0 spiro atoms. The second-order valence-electron chi connectivity index (χ2n) is 8.15. The number of hydrogen-bond donors (Lipinski definition) is 2. The van der Waals surface area contributed by atoms with Crippen LogP contribution in [0.15, 0.2) is 34.0 Å². The minimum absolute atomic E-state index is 0.0922. The van der Waals surface area contributed by atoms with Crippen LogP contribution in [-0.2, 0) is 22.7 Å². The van der Waals surface area contributed by atoms with Crippen molar-refractivity contribution in [2.45, 2.75) is 23.9 Å². The fourth-order valence-corrected chi connectivity index (χ4v) is 5.88. The van der Waals surface area contributed by atoms with E-state index < -0.39 is 0 Å². The Morgan fingerprint density at radius 3 is 2.81 bits per heavy atom. The first-order valence-corrected chi connectivity index (χ1v) is 13.1. The van der Waals surface area contributed by atoms with Crippen LogP contribution in [0.4, 0.5) is 5.13 Å². The van der Waals surface area contributed by atoms with Crippen LogP contribution in [0, 0.1) is 0 Å². The van der Waals surface area contributed by atoms with Crippen LogP contribution in [-0.4, -0.2) is 65.8 Å². The van der Waals surface area contributed by atoms with Crippen molar-refractivity contribution in [2.24, 2.45) is 0 Å². The summed E-state index contributed by atoms with van der Waals surface area (Å²) in [6.45, 7) is 3.02. The van der Waals surface area contributed by atoms with E-state index in [0.29, 0.717) is 47.4 Å². The smallest absolute Gasteiger partial charge is 0.196 e.